The Bertz CT molecular complexity index is 988. The van der Waals surface area contributed by atoms with Crippen LogP contribution in [0.25, 0.3) is 0 Å². The minimum Gasteiger partial charge on any atom is -0.478 e. The summed E-state index contributed by atoms with van der Waals surface area (Å²) in [6.07, 6.45) is 0.889. The standard InChI is InChI=1S/C19H18N2O5/c1-19(2)8-14-12(15(22)9-19)7-13(17(24)21-14)16(23)20-11-5-3-4-10(6-11)18(25)26/h3-7H,8-9H2,1-2H3,(H,20,23)(H,21,24)(H,25,26). The van der Waals surface area contributed by atoms with Crippen molar-refractivity contribution in [2.24, 2.45) is 5.41 Å². The minimum atomic E-state index is -1.12. The maximum Gasteiger partial charge on any atom is 0.335 e. The van der Waals surface area contributed by atoms with Gasteiger partial charge in [0.2, 0.25) is 0 Å². The molecule has 3 rings (SSSR count). The number of hydrogen-bond acceptors (Lipinski definition) is 4. The number of aromatic carboxylic acids is 1. The number of fused-ring (bicyclic) bond motifs is 1. The van der Waals surface area contributed by atoms with Gasteiger partial charge in [0.1, 0.15) is 5.56 Å². The highest BCUT2D eigenvalue weighted by molar-refractivity contribution is 6.07. The van der Waals surface area contributed by atoms with Crippen LogP contribution in [0.5, 0.6) is 0 Å². The Hall–Kier alpha value is -3.22. The average molecular weight is 354 g/mol. The van der Waals surface area contributed by atoms with Gasteiger partial charge in [-0.1, -0.05) is 19.9 Å². The van der Waals surface area contributed by atoms with Gasteiger partial charge >= 0.3 is 5.97 Å². The number of ketones is 1. The van der Waals surface area contributed by atoms with E-state index in [2.05, 4.69) is 10.3 Å². The molecule has 1 aliphatic rings. The van der Waals surface area contributed by atoms with Gasteiger partial charge in [0, 0.05) is 23.4 Å². The van der Waals surface area contributed by atoms with E-state index < -0.39 is 17.4 Å². The molecular weight excluding hydrogens is 336 g/mol. The average Bonchev–Trinajstić information content (AvgIpc) is 2.53. The number of carboxylic acids is 1. The maximum absolute atomic E-state index is 12.4. The van der Waals surface area contributed by atoms with Crippen molar-refractivity contribution in [2.45, 2.75) is 26.7 Å². The van der Waals surface area contributed by atoms with Gasteiger partial charge in [-0.05, 0) is 36.1 Å². The van der Waals surface area contributed by atoms with Gasteiger partial charge in [0.15, 0.2) is 5.78 Å². The lowest BCUT2D eigenvalue weighted by Gasteiger charge is -2.29. The Morgan fingerprint density at radius 3 is 2.58 bits per heavy atom. The summed E-state index contributed by atoms with van der Waals surface area (Å²) in [6, 6.07) is 7.01. The molecular formula is C19H18N2O5. The predicted molar refractivity (Wildman–Crippen MR) is 94.8 cm³/mol. The fourth-order valence-electron chi connectivity index (χ4n) is 3.12. The molecule has 0 bridgehead atoms. The Balaban J connectivity index is 1.93. The van der Waals surface area contributed by atoms with Crippen molar-refractivity contribution in [3.63, 3.8) is 0 Å². The lowest BCUT2D eigenvalue weighted by Crippen LogP contribution is -2.32. The Kier molecular flexibility index (Phi) is 4.23. The first-order valence-corrected chi connectivity index (χ1v) is 8.10. The van der Waals surface area contributed by atoms with Crippen LogP contribution in [0.3, 0.4) is 0 Å². The Morgan fingerprint density at radius 1 is 1.15 bits per heavy atom. The molecule has 1 aromatic carbocycles. The number of nitrogens with one attached hydrogen (secondary N) is 2. The highest BCUT2D eigenvalue weighted by Crippen LogP contribution is 2.33. The number of benzene rings is 1. The molecule has 0 saturated heterocycles. The van der Waals surface area contributed by atoms with Crippen LogP contribution in [0.4, 0.5) is 5.69 Å². The van der Waals surface area contributed by atoms with Crippen LogP contribution in [-0.2, 0) is 6.42 Å². The number of carbonyl (C=O) groups is 3. The summed E-state index contributed by atoms with van der Waals surface area (Å²) in [5.41, 5.74) is 0.153. The lowest BCUT2D eigenvalue weighted by molar-refractivity contribution is 0.0696. The van der Waals surface area contributed by atoms with Gasteiger partial charge in [0.05, 0.1) is 5.56 Å². The summed E-state index contributed by atoms with van der Waals surface area (Å²) in [5.74, 6) is -1.94. The molecule has 0 spiro atoms. The molecule has 0 aliphatic heterocycles. The van der Waals surface area contributed by atoms with E-state index in [1.54, 1.807) is 0 Å². The molecule has 0 unspecified atom stereocenters. The predicted octanol–water partition coefficient (Wildman–Crippen LogP) is 2.48. The van der Waals surface area contributed by atoms with Crippen LogP contribution < -0.4 is 10.9 Å². The number of aromatic nitrogens is 1. The number of rotatable bonds is 3. The molecule has 1 heterocycles. The first-order valence-electron chi connectivity index (χ1n) is 8.10. The third-order valence-corrected chi connectivity index (χ3v) is 4.33. The highest BCUT2D eigenvalue weighted by Gasteiger charge is 2.32. The molecule has 0 fully saturated rings. The third-order valence-electron chi connectivity index (χ3n) is 4.33. The monoisotopic (exact) mass is 354 g/mol. The molecule has 0 atom stereocenters. The lowest BCUT2D eigenvalue weighted by atomic mass is 9.75. The maximum atomic E-state index is 12.4. The number of aromatic amines is 1. The zero-order valence-electron chi connectivity index (χ0n) is 14.4. The van der Waals surface area contributed by atoms with Crippen LogP contribution >= 0.6 is 0 Å². The van der Waals surface area contributed by atoms with Crippen molar-refractivity contribution in [2.75, 3.05) is 5.32 Å². The van der Waals surface area contributed by atoms with Crippen molar-refractivity contribution >= 4 is 23.3 Å². The zero-order chi connectivity index (χ0) is 19.1. The molecule has 0 radical (unpaired) electrons. The normalized spacial score (nSPS) is 15.2. The smallest absolute Gasteiger partial charge is 0.335 e. The summed E-state index contributed by atoms with van der Waals surface area (Å²) in [4.78, 5) is 50.7. The van der Waals surface area contributed by atoms with Crippen LogP contribution in [0.1, 0.15) is 57.0 Å². The number of H-pyrrole nitrogens is 1. The van der Waals surface area contributed by atoms with E-state index in [-0.39, 0.29) is 28.0 Å². The van der Waals surface area contributed by atoms with Crippen LogP contribution in [0.15, 0.2) is 35.1 Å². The number of carboxylic acid groups (broad SMARTS) is 1. The second-order valence-electron chi connectivity index (χ2n) is 7.19. The summed E-state index contributed by atoms with van der Waals surface area (Å²) >= 11 is 0. The largest absolute Gasteiger partial charge is 0.478 e. The fraction of sp³-hybridized carbons (Fsp3) is 0.263. The van der Waals surface area contributed by atoms with E-state index in [0.29, 0.717) is 24.1 Å². The van der Waals surface area contributed by atoms with Crippen LogP contribution in [-0.4, -0.2) is 27.8 Å². The van der Waals surface area contributed by atoms with E-state index in [4.69, 9.17) is 5.11 Å². The minimum absolute atomic E-state index is 0.0135. The molecule has 7 nitrogen and oxygen atoms in total. The highest BCUT2D eigenvalue weighted by atomic mass is 16.4. The van der Waals surface area contributed by atoms with E-state index in [1.807, 2.05) is 13.8 Å². The summed E-state index contributed by atoms with van der Waals surface area (Å²) in [6.45, 7) is 3.89. The molecule has 3 N–H and O–H groups in total. The zero-order valence-corrected chi connectivity index (χ0v) is 14.4. The third kappa shape index (κ3) is 3.42. The number of amides is 1. The van der Waals surface area contributed by atoms with Crippen molar-refractivity contribution in [3.05, 3.63) is 63.1 Å². The molecule has 134 valence electrons. The second-order valence-corrected chi connectivity index (χ2v) is 7.19. The number of anilines is 1. The summed E-state index contributed by atoms with van der Waals surface area (Å²) in [5, 5.41) is 11.5. The van der Waals surface area contributed by atoms with Gasteiger partial charge < -0.3 is 15.4 Å². The van der Waals surface area contributed by atoms with Gasteiger partial charge in [-0.15, -0.1) is 0 Å². The first kappa shape index (κ1) is 17.6. The number of Topliss-reactive ketones (excluding diaryl/α,β-unsaturated/α-hetero) is 1. The topological polar surface area (TPSA) is 116 Å². The van der Waals surface area contributed by atoms with Crippen molar-refractivity contribution in [1.29, 1.82) is 0 Å². The van der Waals surface area contributed by atoms with Crippen LogP contribution in [0, 0.1) is 5.41 Å². The Morgan fingerprint density at radius 2 is 1.88 bits per heavy atom. The van der Waals surface area contributed by atoms with E-state index in [9.17, 15) is 19.2 Å². The van der Waals surface area contributed by atoms with E-state index in [1.165, 1.54) is 30.3 Å². The molecule has 1 aromatic heterocycles. The van der Waals surface area contributed by atoms with E-state index in [0.717, 1.165) is 0 Å². The first-order chi connectivity index (χ1) is 12.2. The molecule has 0 saturated carbocycles. The molecule has 2 aromatic rings. The molecule has 26 heavy (non-hydrogen) atoms. The van der Waals surface area contributed by atoms with Crippen molar-refractivity contribution < 1.29 is 19.5 Å². The van der Waals surface area contributed by atoms with Crippen LogP contribution in [0.2, 0.25) is 0 Å². The molecule has 1 amide bonds. The van der Waals surface area contributed by atoms with E-state index >= 15 is 0 Å². The van der Waals surface area contributed by atoms with Crippen molar-refractivity contribution in [1.82, 2.24) is 4.98 Å². The second kappa shape index (κ2) is 6.25. The molecule has 1 aliphatic carbocycles. The number of pyridine rings is 1. The van der Waals surface area contributed by atoms with Gasteiger partial charge in [-0.25, -0.2) is 4.79 Å². The van der Waals surface area contributed by atoms with Gasteiger partial charge in [0.25, 0.3) is 11.5 Å². The SMILES string of the molecule is CC1(C)CC(=O)c2cc(C(=O)Nc3cccc(C(=O)O)c3)c(=O)[nH]c2C1. The van der Waals surface area contributed by atoms with Crippen molar-refractivity contribution in [3.8, 4) is 0 Å². The summed E-state index contributed by atoms with van der Waals surface area (Å²) in [7, 11) is 0. The number of hydrogen-bond donors (Lipinski definition) is 3. The Labute approximate surface area is 149 Å². The fourth-order valence-corrected chi connectivity index (χ4v) is 3.12. The number of carbonyl (C=O) groups excluding carboxylic acids is 2. The van der Waals surface area contributed by atoms with Gasteiger partial charge in [-0.3, -0.25) is 14.4 Å². The summed E-state index contributed by atoms with van der Waals surface area (Å²) < 4.78 is 0. The van der Waals surface area contributed by atoms with Gasteiger partial charge in [-0.2, -0.15) is 0 Å². The molecule has 7 heteroatoms. The quantitative estimate of drug-likeness (QED) is 0.783.